The van der Waals surface area contributed by atoms with E-state index in [-0.39, 0.29) is 24.2 Å². The number of rotatable bonds is 8. The molecule has 4 fully saturated rings. The van der Waals surface area contributed by atoms with Gasteiger partial charge in [-0.25, -0.2) is 15.0 Å². The molecule has 11 heteroatoms. The number of aromatic nitrogens is 3. The van der Waals surface area contributed by atoms with Crippen molar-refractivity contribution in [2.75, 3.05) is 55.9 Å². The highest BCUT2D eigenvalue weighted by Gasteiger charge is 2.48. The average molecular weight is 569 g/mol. The first kappa shape index (κ1) is 26.7. The lowest BCUT2D eigenvalue weighted by molar-refractivity contribution is 0.0956. The van der Waals surface area contributed by atoms with Gasteiger partial charge in [-0.05, 0) is 51.0 Å². The van der Waals surface area contributed by atoms with Gasteiger partial charge < -0.3 is 34.9 Å². The number of ether oxygens (including phenoxy) is 3. The summed E-state index contributed by atoms with van der Waals surface area (Å²) in [4.78, 5) is 19.9. The van der Waals surface area contributed by atoms with Crippen LogP contribution >= 0.6 is 11.8 Å². The normalized spacial score (nSPS) is 29.0. The van der Waals surface area contributed by atoms with Crippen molar-refractivity contribution in [1.29, 1.82) is 0 Å². The Bertz CT molecular complexity index is 1220. The third kappa shape index (κ3) is 5.04. The van der Waals surface area contributed by atoms with Gasteiger partial charge >= 0.3 is 0 Å². The number of piperidine rings is 1. The first-order valence-corrected chi connectivity index (χ1v) is 15.6. The molecule has 1 aliphatic carbocycles. The summed E-state index contributed by atoms with van der Waals surface area (Å²) in [6.45, 7) is 7.60. The molecule has 0 amide bonds. The number of fused-ring (bicyclic) bond motifs is 3. The summed E-state index contributed by atoms with van der Waals surface area (Å²) in [7, 11) is 0. The summed E-state index contributed by atoms with van der Waals surface area (Å²) >= 11 is 1.51. The van der Waals surface area contributed by atoms with Crippen molar-refractivity contribution in [3.05, 3.63) is 24.2 Å². The van der Waals surface area contributed by atoms with E-state index in [1.54, 1.807) is 6.20 Å². The Kier molecular flexibility index (Phi) is 7.28. The molecule has 4 atom stereocenters. The lowest BCUT2D eigenvalue weighted by atomic mass is 9.73. The maximum atomic E-state index is 10.2. The van der Waals surface area contributed by atoms with Crippen molar-refractivity contribution in [2.45, 2.75) is 73.7 Å². The first-order chi connectivity index (χ1) is 19.5. The van der Waals surface area contributed by atoms with Crippen molar-refractivity contribution in [3.8, 4) is 5.75 Å². The van der Waals surface area contributed by atoms with Crippen molar-refractivity contribution in [1.82, 2.24) is 15.0 Å². The Morgan fingerprint density at radius 3 is 2.75 bits per heavy atom. The lowest BCUT2D eigenvalue weighted by Gasteiger charge is -2.41. The zero-order valence-corrected chi connectivity index (χ0v) is 24.0. The van der Waals surface area contributed by atoms with Crippen LogP contribution in [0.15, 0.2) is 28.4 Å². The van der Waals surface area contributed by atoms with E-state index in [2.05, 4.69) is 16.7 Å². The summed E-state index contributed by atoms with van der Waals surface area (Å²) in [6.07, 6.45) is 9.37. The summed E-state index contributed by atoms with van der Waals surface area (Å²) < 4.78 is 18.2. The smallest absolute Gasteiger partial charge is 0.175 e. The van der Waals surface area contributed by atoms with Gasteiger partial charge in [-0.2, -0.15) is 0 Å². The Morgan fingerprint density at radius 1 is 1.18 bits per heavy atom. The van der Waals surface area contributed by atoms with Crippen molar-refractivity contribution >= 4 is 23.4 Å². The van der Waals surface area contributed by atoms with Crippen LogP contribution in [0.4, 0.5) is 11.6 Å². The Labute approximate surface area is 240 Å². The summed E-state index contributed by atoms with van der Waals surface area (Å²) in [6, 6.07) is 2.38. The molecule has 0 aromatic carbocycles. The van der Waals surface area contributed by atoms with Crippen LogP contribution in [0.1, 0.15) is 44.7 Å². The van der Waals surface area contributed by atoms with E-state index in [1.165, 1.54) is 24.6 Å². The van der Waals surface area contributed by atoms with Crippen LogP contribution in [0.3, 0.4) is 0 Å². The van der Waals surface area contributed by atoms with Gasteiger partial charge in [0.15, 0.2) is 17.4 Å². The molecular weight excluding hydrogens is 528 g/mol. The predicted octanol–water partition coefficient (Wildman–Crippen LogP) is 2.86. The van der Waals surface area contributed by atoms with E-state index in [1.807, 2.05) is 12.3 Å². The quantitative estimate of drug-likeness (QED) is 0.489. The maximum Gasteiger partial charge on any atom is 0.175 e. The number of aliphatic hydroxyl groups is 1. The molecule has 0 bridgehead atoms. The van der Waals surface area contributed by atoms with Crippen LogP contribution in [-0.2, 0) is 16.1 Å². The second kappa shape index (κ2) is 10.9. The van der Waals surface area contributed by atoms with Crippen LogP contribution in [0.5, 0.6) is 5.75 Å². The standard InChI is InChI=1S/C29H40N6O4S/c1-18-26(30)29(17-39-18)5-8-34(9-6-29)27-22(13-36)33-24(11-32-27)40-23-4-7-31-28-25(23)38-16-21-10-20(12-35(21)28)15-37-14-19-2-3-19/h4,7,11,18-21,26,36H,2-3,5-6,8-10,12-17,30H2,1H3/t18-,20-,21-,26+/m0/s1. The second-order valence-corrected chi connectivity index (χ2v) is 13.4. The van der Waals surface area contributed by atoms with Gasteiger partial charge in [0.25, 0.3) is 0 Å². The van der Waals surface area contributed by atoms with Gasteiger partial charge in [0, 0.05) is 49.8 Å². The molecule has 1 spiro atoms. The zero-order chi connectivity index (χ0) is 27.3. The minimum absolute atomic E-state index is 0.0386. The van der Waals surface area contributed by atoms with E-state index in [9.17, 15) is 5.11 Å². The molecule has 5 aliphatic rings. The highest BCUT2D eigenvalue weighted by Crippen LogP contribution is 2.46. The topological polar surface area (TPSA) is 119 Å². The largest absolute Gasteiger partial charge is 0.486 e. The molecule has 3 saturated heterocycles. The highest BCUT2D eigenvalue weighted by molar-refractivity contribution is 7.99. The van der Waals surface area contributed by atoms with Crippen LogP contribution in [0.25, 0.3) is 0 Å². The van der Waals surface area contributed by atoms with Crippen molar-refractivity contribution in [3.63, 3.8) is 0 Å². The fourth-order valence-electron chi connectivity index (χ4n) is 6.83. The van der Waals surface area contributed by atoms with E-state index >= 15 is 0 Å². The Morgan fingerprint density at radius 2 is 2.00 bits per heavy atom. The number of aliphatic hydroxyl groups excluding tert-OH is 1. The number of nitrogens with two attached hydrogens (primary N) is 1. The van der Waals surface area contributed by atoms with Gasteiger partial charge in [-0.3, -0.25) is 0 Å². The maximum absolute atomic E-state index is 10.2. The number of hydrogen-bond donors (Lipinski definition) is 2. The van der Waals surface area contributed by atoms with Gasteiger partial charge in [0.05, 0.1) is 43.1 Å². The fraction of sp³-hybridized carbons (Fsp3) is 0.690. The summed E-state index contributed by atoms with van der Waals surface area (Å²) in [5.41, 5.74) is 7.13. The fourth-order valence-corrected chi connectivity index (χ4v) is 7.69. The van der Waals surface area contributed by atoms with E-state index in [4.69, 9.17) is 34.9 Å². The molecule has 1 saturated carbocycles. The minimum atomic E-state index is -0.164. The number of hydrogen-bond acceptors (Lipinski definition) is 11. The molecule has 40 heavy (non-hydrogen) atoms. The lowest BCUT2D eigenvalue weighted by Crippen LogP contribution is -2.51. The monoisotopic (exact) mass is 568 g/mol. The van der Waals surface area contributed by atoms with E-state index in [0.717, 1.165) is 91.9 Å². The first-order valence-electron chi connectivity index (χ1n) is 14.8. The third-order valence-corrected chi connectivity index (χ3v) is 10.5. The molecule has 2 aromatic rings. The van der Waals surface area contributed by atoms with Gasteiger partial charge in [-0.1, -0.05) is 11.8 Å². The van der Waals surface area contributed by atoms with E-state index in [0.29, 0.717) is 24.3 Å². The molecule has 216 valence electrons. The molecule has 10 nitrogen and oxygen atoms in total. The predicted molar refractivity (Wildman–Crippen MR) is 152 cm³/mol. The summed E-state index contributed by atoms with van der Waals surface area (Å²) in [5, 5.41) is 10.9. The van der Waals surface area contributed by atoms with Crippen molar-refractivity contribution in [2.24, 2.45) is 23.0 Å². The minimum Gasteiger partial charge on any atom is -0.486 e. The molecular formula is C29H40N6O4S. The molecule has 3 N–H and O–H groups in total. The Balaban J connectivity index is 1.03. The van der Waals surface area contributed by atoms with Crippen LogP contribution in [0.2, 0.25) is 0 Å². The molecule has 7 rings (SSSR count). The zero-order valence-electron chi connectivity index (χ0n) is 23.2. The number of anilines is 2. The summed E-state index contributed by atoms with van der Waals surface area (Å²) in [5.74, 6) is 3.77. The van der Waals surface area contributed by atoms with Crippen LogP contribution in [-0.4, -0.2) is 84.3 Å². The molecule has 4 aliphatic heterocycles. The molecule has 0 unspecified atom stereocenters. The Hall–Kier alpha value is -2.18. The number of nitrogens with zero attached hydrogens (tertiary/aromatic N) is 5. The highest BCUT2D eigenvalue weighted by atomic mass is 32.2. The second-order valence-electron chi connectivity index (χ2n) is 12.3. The number of pyridine rings is 1. The average Bonchev–Trinajstić information content (AvgIpc) is 3.65. The van der Waals surface area contributed by atoms with Crippen molar-refractivity contribution < 1.29 is 19.3 Å². The molecule has 2 aromatic heterocycles. The molecule has 6 heterocycles. The SMILES string of the molecule is C[C@@H]1OCC2(CCN(c3ncc(Sc4ccnc5c4OC[C@@H]4C[C@H](COCC6CC6)CN54)nc3CO)CC2)[C@@H]1N. The van der Waals surface area contributed by atoms with Gasteiger partial charge in [-0.15, -0.1) is 0 Å². The van der Waals surface area contributed by atoms with Crippen LogP contribution < -0.4 is 20.3 Å². The van der Waals surface area contributed by atoms with Gasteiger partial charge in [0.1, 0.15) is 17.3 Å². The van der Waals surface area contributed by atoms with Gasteiger partial charge in [0.2, 0.25) is 0 Å². The van der Waals surface area contributed by atoms with Crippen LogP contribution in [0, 0.1) is 17.3 Å². The molecule has 0 radical (unpaired) electrons. The van der Waals surface area contributed by atoms with E-state index < -0.39 is 0 Å². The third-order valence-electron chi connectivity index (χ3n) is 9.52.